The Morgan fingerprint density at radius 3 is 1.69 bits per heavy atom. The highest BCUT2D eigenvalue weighted by Crippen LogP contribution is 2.41. The van der Waals surface area contributed by atoms with Gasteiger partial charge in [-0.2, -0.15) is 0 Å². The quantitative estimate of drug-likeness (QED) is 0.110. The van der Waals surface area contributed by atoms with Gasteiger partial charge in [0.1, 0.15) is 15.6 Å². The first-order chi connectivity index (χ1) is 29.9. The summed E-state index contributed by atoms with van der Waals surface area (Å²) in [5.74, 6) is -0.0278. The average molecular weight is 842 g/mol. The number of thiazole rings is 2. The highest BCUT2D eigenvalue weighted by atomic mass is 32.1. The smallest absolute Gasteiger partial charge is 0.227 e. The first-order valence-corrected chi connectivity index (χ1v) is 22.6. The lowest BCUT2D eigenvalue weighted by molar-refractivity contribution is -0.131. The fraction of sp³-hybridized carbons (Fsp3) is 0.235. The largest absolute Gasteiger partial charge is 0.339 e. The molecule has 2 fully saturated rings. The summed E-state index contributed by atoms with van der Waals surface area (Å²) >= 11 is 3.37. The van der Waals surface area contributed by atoms with Crippen LogP contribution in [-0.2, 0) is 32.8 Å². The van der Waals surface area contributed by atoms with E-state index in [1.165, 1.54) is 0 Å². The van der Waals surface area contributed by atoms with Gasteiger partial charge >= 0.3 is 0 Å². The maximum Gasteiger partial charge on any atom is 0.227 e. The normalized spacial score (nSPS) is 17.5. The molecule has 3 atom stereocenters. The molecule has 0 saturated carbocycles. The second-order valence-corrected chi connectivity index (χ2v) is 18.1. The second kappa shape index (κ2) is 18.3. The number of hydrogen-bond acceptors (Lipinski definition) is 8. The van der Waals surface area contributed by atoms with E-state index < -0.39 is 5.54 Å². The first-order valence-electron chi connectivity index (χ1n) is 21.0. The number of aromatic nitrogens is 2. The van der Waals surface area contributed by atoms with Crippen molar-refractivity contribution >= 4 is 40.8 Å². The molecule has 61 heavy (non-hydrogen) atoms. The number of carbonyl (C=O) groups excluding carboxylic acids is 3. The number of nitrogens with zero attached hydrogens (tertiary/aromatic N) is 4. The standard InChI is InChI=1S/C51H47N5O3S2/c57-35-51(42-16-8-3-9-17-42,54-47(58)30-36-12-4-1-5-13-36)34-55-28-10-18-43(55)49-52-32-45(60-49)40-24-20-38(21-25-40)39-22-26-41(27-23-39)46-33-53-50(61-46)44-19-11-29-56(44)48(59)31-37-14-6-2-7-15-37/h1-9,12-17,20-27,32-33,35,43-44H,10-11,18-19,28-31,34H2,(H,54,58)/t43-,44?,51-/m0/s1. The summed E-state index contributed by atoms with van der Waals surface area (Å²) in [4.78, 5) is 56.0. The Labute approximate surface area is 365 Å². The first kappa shape index (κ1) is 40.3. The van der Waals surface area contributed by atoms with Crippen LogP contribution in [0, 0.1) is 0 Å². The van der Waals surface area contributed by atoms with Crippen LogP contribution in [-0.4, -0.2) is 57.5 Å². The second-order valence-electron chi connectivity index (χ2n) is 16.0. The molecule has 4 heterocycles. The van der Waals surface area contributed by atoms with Crippen LogP contribution < -0.4 is 5.32 Å². The Kier molecular flexibility index (Phi) is 12.1. The summed E-state index contributed by atoms with van der Waals surface area (Å²) in [5.41, 5.74) is 5.99. The van der Waals surface area contributed by atoms with Gasteiger partial charge in [-0.05, 0) is 71.2 Å². The van der Waals surface area contributed by atoms with Gasteiger partial charge in [0, 0.05) is 25.5 Å². The third kappa shape index (κ3) is 9.03. The fourth-order valence-corrected chi connectivity index (χ4v) is 10.9. The van der Waals surface area contributed by atoms with Gasteiger partial charge in [-0.25, -0.2) is 9.97 Å². The minimum absolute atomic E-state index is 0.0330. The van der Waals surface area contributed by atoms with Crippen LogP contribution in [0.15, 0.2) is 152 Å². The number of hydrogen-bond donors (Lipinski definition) is 1. The Morgan fingerprint density at radius 1 is 0.623 bits per heavy atom. The lowest BCUT2D eigenvalue weighted by Crippen LogP contribution is -2.54. The maximum absolute atomic E-state index is 13.4. The van der Waals surface area contributed by atoms with Crippen molar-refractivity contribution in [2.24, 2.45) is 0 Å². The predicted octanol–water partition coefficient (Wildman–Crippen LogP) is 10.1. The fourth-order valence-electron chi connectivity index (χ4n) is 8.76. The molecule has 0 spiro atoms. The van der Waals surface area contributed by atoms with Gasteiger partial charge in [-0.3, -0.25) is 14.5 Å². The van der Waals surface area contributed by atoms with Crippen molar-refractivity contribution in [2.75, 3.05) is 19.6 Å². The van der Waals surface area contributed by atoms with Crippen molar-refractivity contribution < 1.29 is 14.4 Å². The molecule has 7 aromatic rings. The summed E-state index contributed by atoms with van der Waals surface area (Å²) in [7, 11) is 0. The number of benzene rings is 5. The van der Waals surface area contributed by atoms with Crippen molar-refractivity contribution in [1.82, 2.24) is 25.1 Å². The number of nitrogens with one attached hydrogen (secondary N) is 1. The lowest BCUT2D eigenvalue weighted by atomic mass is 9.89. The number of carbonyl (C=O) groups is 3. The van der Waals surface area contributed by atoms with Crippen molar-refractivity contribution in [1.29, 1.82) is 0 Å². The average Bonchev–Trinajstić information content (AvgIpc) is 4.15. The van der Waals surface area contributed by atoms with Crippen molar-refractivity contribution in [3.8, 4) is 32.0 Å². The Hall–Kier alpha value is -6.07. The molecule has 0 aliphatic carbocycles. The molecule has 8 nitrogen and oxygen atoms in total. The number of likely N-dealkylation sites (tertiary alicyclic amines) is 2. The summed E-state index contributed by atoms with van der Waals surface area (Å²) in [6, 6.07) is 46.5. The van der Waals surface area contributed by atoms with Gasteiger partial charge in [0.15, 0.2) is 6.29 Å². The van der Waals surface area contributed by atoms with Crippen LogP contribution in [0.25, 0.3) is 32.0 Å². The summed E-state index contributed by atoms with van der Waals surface area (Å²) in [5, 5.41) is 5.17. The molecule has 0 bridgehead atoms. The number of rotatable bonds is 14. The van der Waals surface area contributed by atoms with Gasteiger partial charge in [0.2, 0.25) is 11.8 Å². The molecule has 306 valence electrons. The molecule has 2 aromatic heterocycles. The summed E-state index contributed by atoms with van der Waals surface area (Å²) < 4.78 is 0. The molecule has 10 heteroatoms. The van der Waals surface area contributed by atoms with Crippen molar-refractivity contribution in [2.45, 2.75) is 56.1 Å². The third-order valence-electron chi connectivity index (χ3n) is 11.9. The molecule has 5 aromatic carbocycles. The van der Waals surface area contributed by atoms with Crippen LogP contribution in [0.4, 0.5) is 0 Å². The minimum atomic E-state index is -1.20. The van der Waals surface area contributed by atoms with E-state index in [1.807, 2.05) is 108 Å². The lowest BCUT2D eigenvalue weighted by Gasteiger charge is -2.36. The van der Waals surface area contributed by atoms with Crippen LogP contribution in [0.3, 0.4) is 0 Å². The van der Waals surface area contributed by atoms with Crippen LogP contribution in [0.2, 0.25) is 0 Å². The van der Waals surface area contributed by atoms with E-state index in [9.17, 15) is 14.4 Å². The Balaban J connectivity index is 0.855. The van der Waals surface area contributed by atoms with Gasteiger partial charge in [0.05, 0.1) is 34.7 Å². The third-order valence-corrected chi connectivity index (χ3v) is 14.2. The van der Waals surface area contributed by atoms with Crippen molar-refractivity contribution in [3.05, 3.63) is 179 Å². The molecule has 9 rings (SSSR count). The molecule has 0 radical (unpaired) electrons. The molecular weight excluding hydrogens is 795 g/mol. The zero-order valence-electron chi connectivity index (χ0n) is 33.9. The molecular formula is C51H47N5O3S2. The number of amides is 2. The highest BCUT2D eigenvalue weighted by molar-refractivity contribution is 7.15. The molecule has 2 amide bonds. The summed E-state index contributed by atoms with van der Waals surface area (Å²) in [6.45, 7) is 1.94. The molecule has 1 N–H and O–H groups in total. The van der Waals surface area contributed by atoms with Crippen LogP contribution in [0.5, 0.6) is 0 Å². The molecule has 2 aliphatic heterocycles. The van der Waals surface area contributed by atoms with Gasteiger partial charge in [0.25, 0.3) is 0 Å². The Bertz CT molecular complexity index is 2580. The zero-order chi connectivity index (χ0) is 41.6. The van der Waals surface area contributed by atoms with E-state index in [1.54, 1.807) is 22.7 Å². The van der Waals surface area contributed by atoms with Crippen LogP contribution >= 0.6 is 22.7 Å². The van der Waals surface area contributed by atoms with E-state index in [0.29, 0.717) is 13.0 Å². The molecule has 2 aliphatic rings. The Morgan fingerprint density at radius 2 is 1.11 bits per heavy atom. The van der Waals surface area contributed by atoms with Crippen LogP contribution in [0.1, 0.15) is 64.5 Å². The number of aldehydes is 1. The van der Waals surface area contributed by atoms with E-state index >= 15 is 0 Å². The monoisotopic (exact) mass is 841 g/mol. The van der Waals surface area contributed by atoms with Crippen molar-refractivity contribution in [3.63, 3.8) is 0 Å². The molecule has 2 saturated heterocycles. The van der Waals surface area contributed by atoms with E-state index in [4.69, 9.17) is 9.97 Å². The topological polar surface area (TPSA) is 95.5 Å². The SMILES string of the molecule is O=C[C@](CN1CCC[C@H]1c1ncc(-c2ccc(-c3ccc(-c4cnc(C5CCCN5C(=O)Cc5ccccc5)s4)cc3)cc2)s1)(NC(=O)Cc1ccccc1)c1ccccc1. The summed E-state index contributed by atoms with van der Waals surface area (Å²) in [6.07, 6.45) is 9.27. The predicted molar refractivity (Wildman–Crippen MR) is 244 cm³/mol. The highest BCUT2D eigenvalue weighted by Gasteiger charge is 2.40. The van der Waals surface area contributed by atoms with E-state index in [-0.39, 0.29) is 30.3 Å². The minimum Gasteiger partial charge on any atom is -0.339 e. The van der Waals surface area contributed by atoms with Gasteiger partial charge < -0.3 is 15.0 Å². The zero-order valence-corrected chi connectivity index (χ0v) is 35.5. The van der Waals surface area contributed by atoms with E-state index in [2.05, 4.69) is 58.7 Å². The van der Waals surface area contributed by atoms with E-state index in [0.717, 1.165) is 104 Å². The van der Waals surface area contributed by atoms with Gasteiger partial charge in [-0.15, -0.1) is 22.7 Å². The maximum atomic E-state index is 13.4. The van der Waals surface area contributed by atoms with Gasteiger partial charge in [-0.1, -0.05) is 140 Å². The molecule has 1 unspecified atom stereocenters.